The molecule has 0 aliphatic carbocycles. The third kappa shape index (κ3) is 5.16. The van der Waals surface area contributed by atoms with Crippen molar-refractivity contribution in [3.05, 3.63) is 59.7 Å². The minimum atomic E-state index is -3.74. The number of nitrogens with one attached hydrogen (secondary N) is 1. The highest BCUT2D eigenvalue weighted by Gasteiger charge is 2.25. The lowest BCUT2D eigenvalue weighted by molar-refractivity contribution is -0.121. The number of benzene rings is 2. The van der Waals surface area contributed by atoms with E-state index in [1.807, 2.05) is 24.3 Å². The van der Waals surface area contributed by atoms with Gasteiger partial charge in [0.25, 0.3) is 0 Å². The Kier molecular flexibility index (Phi) is 6.09. The van der Waals surface area contributed by atoms with E-state index >= 15 is 0 Å². The van der Waals surface area contributed by atoms with Crippen LogP contribution in [0.3, 0.4) is 0 Å². The number of sulfonamides is 1. The second-order valence-corrected chi connectivity index (χ2v) is 8.48. The molecule has 3 N–H and O–H groups in total. The Morgan fingerprint density at radius 3 is 2.25 bits per heavy atom. The Morgan fingerprint density at radius 1 is 1.11 bits per heavy atom. The van der Waals surface area contributed by atoms with Gasteiger partial charge >= 0.3 is 0 Å². The largest absolute Gasteiger partial charge is 0.326 e. The molecule has 8 heteroatoms. The third-order valence-corrected chi connectivity index (χ3v) is 5.83. The SMILES string of the molecule is N#Cc1ccc(CN2CCC(C(=O)Nc3ccc(S(N)(=O)=O)cc3)CC2)cc1. The van der Waals surface area contributed by atoms with Crippen molar-refractivity contribution >= 4 is 21.6 Å². The van der Waals surface area contributed by atoms with E-state index in [9.17, 15) is 13.2 Å². The molecule has 1 saturated heterocycles. The van der Waals surface area contributed by atoms with Gasteiger partial charge in [0.15, 0.2) is 0 Å². The molecule has 0 radical (unpaired) electrons. The van der Waals surface area contributed by atoms with Crippen LogP contribution in [-0.4, -0.2) is 32.3 Å². The number of amides is 1. The van der Waals surface area contributed by atoms with Gasteiger partial charge in [-0.15, -0.1) is 0 Å². The maximum atomic E-state index is 12.5. The maximum Gasteiger partial charge on any atom is 0.238 e. The number of carbonyl (C=O) groups excluding carboxylic acids is 1. The molecule has 1 amide bonds. The van der Waals surface area contributed by atoms with Crippen LogP contribution in [0.2, 0.25) is 0 Å². The fourth-order valence-corrected chi connectivity index (χ4v) is 3.78. The number of primary sulfonamides is 1. The van der Waals surface area contributed by atoms with Gasteiger partial charge in [-0.3, -0.25) is 9.69 Å². The number of carbonyl (C=O) groups is 1. The fourth-order valence-electron chi connectivity index (χ4n) is 3.27. The zero-order valence-electron chi connectivity index (χ0n) is 15.3. The van der Waals surface area contributed by atoms with Crippen LogP contribution in [0.25, 0.3) is 0 Å². The molecule has 0 bridgehead atoms. The Balaban J connectivity index is 1.50. The van der Waals surface area contributed by atoms with Gasteiger partial charge in [0, 0.05) is 18.2 Å². The highest BCUT2D eigenvalue weighted by molar-refractivity contribution is 7.89. The summed E-state index contributed by atoms with van der Waals surface area (Å²) >= 11 is 0. The smallest absolute Gasteiger partial charge is 0.238 e. The number of hydrogen-bond donors (Lipinski definition) is 2. The summed E-state index contributed by atoms with van der Waals surface area (Å²) in [7, 11) is -3.74. The molecule has 2 aromatic rings. The molecule has 0 saturated carbocycles. The van der Waals surface area contributed by atoms with Crippen LogP contribution in [0.5, 0.6) is 0 Å². The van der Waals surface area contributed by atoms with E-state index < -0.39 is 10.0 Å². The van der Waals surface area contributed by atoms with Crippen molar-refractivity contribution < 1.29 is 13.2 Å². The number of likely N-dealkylation sites (tertiary alicyclic amines) is 1. The van der Waals surface area contributed by atoms with Crippen LogP contribution in [0, 0.1) is 17.2 Å². The average Bonchev–Trinajstić information content (AvgIpc) is 2.69. The topological polar surface area (TPSA) is 116 Å². The van der Waals surface area contributed by atoms with Crippen molar-refractivity contribution in [1.29, 1.82) is 5.26 Å². The molecule has 146 valence electrons. The number of nitrogens with two attached hydrogens (primary N) is 1. The molecule has 0 atom stereocenters. The van der Waals surface area contributed by atoms with E-state index in [0.29, 0.717) is 11.3 Å². The Hall–Kier alpha value is -2.73. The summed E-state index contributed by atoms with van der Waals surface area (Å²) < 4.78 is 22.6. The summed E-state index contributed by atoms with van der Waals surface area (Å²) in [5, 5.41) is 16.8. The summed E-state index contributed by atoms with van der Waals surface area (Å²) in [5.74, 6) is -0.128. The first kappa shape index (κ1) is 20.0. The first-order chi connectivity index (χ1) is 13.3. The van der Waals surface area contributed by atoms with Gasteiger partial charge in [-0.25, -0.2) is 13.6 Å². The molecule has 28 heavy (non-hydrogen) atoms. The standard InChI is InChI=1S/C20H22N4O3S/c21-13-15-1-3-16(4-2-15)14-24-11-9-17(10-12-24)20(25)23-18-5-7-19(8-6-18)28(22,26)27/h1-8,17H,9-12,14H2,(H,23,25)(H2,22,26,27). The number of nitriles is 1. The van der Waals surface area contributed by atoms with E-state index in [1.54, 1.807) is 0 Å². The average molecular weight is 398 g/mol. The lowest BCUT2D eigenvalue weighted by atomic mass is 9.95. The van der Waals surface area contributed by atoms with E-state index in [-0.39, 0.29) is 16.7 Å². The lowest BCUT2D eigenvalue weighted by Gasteiger charge is -2.31. The van der Waals surface area contributed by atoms with E-state index in [4.69, 9.17) is 10.4 Å². The lowest BCUT2D eigenvalue weighted by Crippen LogP contribution is -2.37. The zero-order valence-corrected chi connectivity index (χ0v) is 16.2. The summed E-state index contributed by atoms with van der Waals surface area (Å²) in [4.78, 5) is 14.8. The van der Waals surface area contributed by atoms with Crippen LogP contribution in [0.4, 0.5) is 5.69 Å². The monoisotopic (exact) mass is 398 g/mol. The van der Waals surface area contributed by atoms with Gasteiger partial charge in [0.2, 0.25) is 15.9 Å². The predicted molar refractivity (Wildman–Crippen MR) is 106 cm³/mol. The van der Waals surface area contributed by atoms with Crippen molar-refractivity contribution in [2.75, 3.05) is 18.4 Å². The van der Waals surface area contributed by atoms with Crippen LogP contribution in [0.1, 0.15) is 24.0 Å². The molecule has 1 fully saturated rings. The van der Waals surface area contributed by atoms with Crippen molar-refractivity contribution in [3.8, 4) is 6.07 Å². The molecular weight excluding hydrogens is 376 g/mol. The second-order valence-electron chi connectivity index (χ2n) is 6.92. The predicted octanol–water partition coefficient (Wildman–Crippen LogP) is 2.06. The summed E-state index contributed by atoms with van der Waals surface area (Å²) in [6.07, 6.45) is 1.52. The van der Waals surface area contributed by atoms with Crippen LogP contribution >= 0.6 is 0 Å². The van der Waals surface area contributed by atoms with E-state index in [0.717, 1.165) is 38.0 Å². The van der Waals surface area contributed by atoms with Crippen molar-refractivity contribution in [1.82, 2.24) is 4.90 Å². The van der Waals surface area contributed by atoms with Gasteiger partial charge in [-0.05, 0) is 67.9 Å². The number of piperidine rings is 1. The quantitative estimate of drug-likeness (QED) is 0.800. The molecule has 3 rings (SSSR count). The molecule has 0 aromatic heterocycles. The van der Waals surface area contributed by atoms with Gasteiger partial charge in [-0.2, -0.15) is 5.26 Å². The normalized spacial score (nSPS) is 15.7. The molecule has 1 aliphatic rings. The van der Waals surface area contributed by atoms with Gasteiger partial charge in [-0.1, -0.05) is 12.1 Å². The summed E-state index contributed by atoms with van der Waals surface area (Å²) in [6.45, 7) is 2.44. The van der Waals surface area contributed by atoms with Crippen LogP contribution in [0.15, 0.2) is 53.4 Å². The van der Waals surface area contributed by atoms with Gasteiger partial charge in [0.05, 0.1) is 16.5 Å². The Morgan fingerprint density at radius 2 is 1.71 bits per heavy atom. The van der Waals surface area contributed by atoms with Gasteiger partial charge in [0.1, 0.15) is 0 Å². The minimum Gasteiger partial charge on any atom is -0.326 e. The number of anilines is 1. The number of nitrogens with zero attached hydrogens (tertiary/aromatic N) is 2. The van der Waals surface area contributed by atoms with Crippen molar-refractivity contribution in [2.24, 2.45) is 11.1 Å². The van der Waals surface area contributed by atoms with E-state index in [1.165, 1.54) is 24.3 Å². The molecule has 0 unspecified atom stereocenters. The maximum absolute atomic E-state index is 12.5. The molecule has 7 nitrogen and oxygen atoms in total. The first-order valence-electron chi connectivity index (χ1n) is 9.00. The minimum absolute atomic E-state index is 0.0154. The number of rotatable bonds is 5. The van der Waals surface area contributed by atoms with E-state index in [2.05, 4.69) is 16.3 Å². The Labute approximate surface area is 164 Å². The van der Waals surface area contributed by atoms with Crippen molar-refractivity contribution in [2.45, 2.75) is 24.3 Å². The highest BCUT2D eigenvalue weighted by Crippen LogP contribution is 2.21. The zero-order chi connectivity index (χ0) is 20.1. The first-order valence-corrected chi connectivity index (χ1v) is 10.5. The second kappa shape index (κ2) is 8.52. The molecule has 1 heterocycles. The fraction of sp³-hybridized carbons (Fsp3) is 0.300. The molecular formula is C20H22N4O3S. The molecule has 1 aliphatic heterocycles. The summed E-state index contributed by atoms with van der Waals surface area (Å²) in [6, 6.07) is 15.5. The highest BCUT2D eigenvalue weighted by atomic mass is 32.2. The van der Waals surface area contributed by atoms with Crippen molar-refractivity contribution in [3.63, 3.8) is 0 Å². The van der Waals surface area contributed by atoms with Crippen LogP contribution in [-0.2, 0) is 21.4 Å². The third-order valence-electron chi connectivity index (χ3n) is 4.90. The summed E-state index contributed by atoms with van der Waals surface area (Å²) in [5.41, 5.74) is 2.35. The van der Waals surface area contributed by atoms with Crippen LogP contribution < -0.4 is 10.5 Å². The number of hydrogen-bond acceptors (Lipinski definition) is 5. The van der Waals surface area contributed by atoms with Gasteiger partial charge < -0.3 is 5.32 Å². The molecule has 0 spiro atoms. The molecule has 2 aromatic carbocycles. The Bertz CT molecular complexity index is 972.